The summed E-state index contributed by atoms with van der Waals surface area (Å²) in [5, 5.41) is 10.5. The Morgan fingerprint density at radius 3 is 2.00 bits per heavy atom. The summed E-state index contributed by atoms with van der Waals surface area (Å²) in [6, 6.07) is 10.3. The van der Waals surface area contributed by atoms with E-state index in [0.717, 1.165) is 12.0 Å². The number of rotatable bonds is 8. The normalized spacial score (nSPS) is 30.1. The van der Waals surface area contributed by atoms with Crippen LogP contribution in [-0.2, 0) is 20.2 Å². The van der Waals surface area contributed by atoms with Crippen molar-refractivity contribution in [2.75, 3.05) is 6.61 Å². The molecule has 5 atom stereocenters. The maximum Gasteiger partial charge on any atom is 0.192 e. The molecular weight excluding hydrogens is 456 g/mol. The lowest BCUT2D eigenvalue weighted by molar-refractivity contribution is -0.189. The summed E-state index contributed by atoms with van der Waals surface area (Å²) in [5.41, 5.74) is 0.534. The molecule has 4 rings (SSSR count). The second-order valence-corrected chi connectivity index (χ2v) is 23.0. The van der Waals surface area contributed by atoms with Gasteiger partial charge >= 0.3 is 0 Å². The lowest BCUT2D eigenvalue weighted by atomic mass is 9.63. The Bertz CT molecular complexity index is 853. The minimum absolute atomic E-state index is 0.0753. The number of ether oxygens (including phenoxy) is 1. The highest BCUT2D eigenvalue weighted by atomic mass is 28.4. The van der Waals surface area contributed by atoms with E-state index in [1.807, 2.05) is 18.2 Å². The molecule has 4 nitrogen and oxygen atoms in total. The summed E-state index contributed by atoms with van der Waals surface area (Å²) in [6.07, 6.45) is 4.92. The standard InChI is InChI=1S/C28H48O4Si2/c1-26(2,3)33(7,8)31-24-23-16-17-28(18-22(23)19-29,30-20-21-14-12-11-13-15-21)25(24)32-34(9,10)27(4,5)6/h11-17,22-25,29H,18-20H2,1-10H3/t22-,23-,24+,25-,28-/m1/s1. The first kappa shape index (κ1) is 27.8. The summed E-state index contributed by atoms with van der Waals surface area (Å²) in [7, 11) is -4.21. The van der Waals surface area contributed by atoms with Gasteiger partial charge in [0.15, 0.2) is 16.6 Å². The van der Waals surface area contributed by atoms with E-state index in [-0.39, 0.29) is 40.7 Å². The van der Waals surface area contributed by atoms with Crippen molar-refractivity contribution in [2.45, 2.75) is 109 Å². The molecule has 0 aromatic heterocycles. The SMILES string of the molecule is CC(C)(C)[Si](C)(C)O[C@H]1[C@@H]2C=C[C@@](OCc3ccccc3)(C[C@@H]2CO)[C@@H]1O[Si](C)(C)C(C)(C)C. The van der Waals surface area contributed by atoms with Crippen molar-refractivity contribution in [3.05, 3.63) is 48.0 Å². The van der Waals surface area contributed by atoms with Crippen molar-refractivity contribution in [1.29, 1.82) is 0 Å². The van der Waals surface area contributed by atoms with Gasteiger partial charge in [0, 0.05) is 12.5 Å². The van der Waals surface area contributed by atoms with Gasteiger partial charge < -0.3 is 18.7 Å². The fourth-order valence-corrected chi connectivity index (χ4v) is 7.24. The molecule has 34 heavy (non-hydrogen) atoms. The van der Waals surface area contributed by atoms with Crippen molar-refractivity contribution in [3.8, 4) is 0 Å². The fraction of sp³-hybridized carbons (Fsp3) is 0.714. The molecule has 0 spiro atoms. The van der Waals surface area contributed by atoms with Gasteiger partial charge in [0.25, 0.3) is 0 Å². The van der Waals surface area contributed by atoms with Gasteiger partial charge in [0.2, 0.25) is 0 Å². The van der Waals surface area contributed by atoms with Gasteiger partial charge in [-0.1, -0.05) is 84.0 Å². The van der Waals surface area contributed by atoms with E-state index in [0.29, 0.717) is 6.61 Å². The summed E-state index contributed by atoms with van der Waals surface area (Å²) < 4.78 is 21.2. The Morgan fingerprint density at radius 2 is 1.47 bits per heavy atom. The van der Waals surface area contributed by atoms with E-state index in [4.69, 9.17) is 13.6 Å². The molecule has 1 aromatic carbocycles. The fourth-order valence-electron chi connectivity index (χ4n) is 4.60. The number of benzene rings is 1. The third-order valence-corrected chi connectivity index (χ3v) is 17.9. The van der Waals surface area contributed by atoms with Crippen molar-refractivity contribution in [1.82, 2.24) is 0 Å². The van der Waals surface area contributed by atoms with E-state index >= 15 is 0 Å². The topological polar surface area (TPSA) is 47.9 Å². The Kier molecular flexibility index (Phi) is 7.85. The first-order valence-electron chi connectivity index (χ1n) is 12.9. The van der Waals surface area contributed by atoms with Crippen LogP contribution in [0.15, 0.2) is 42.5 Å². The first-order valence-corrected chi connectivity index (χ1v) is 18.7. The van der Waals surface area contributed by atoms with Crippen LogP contribution in [0.5, 0.6) is 0 Å². The van der Waals surface area contributed by atoms with Crippen LogP contribution in [0, 0.1) is 11.8 Å². The minimum atomic E-state index is -2.12. The molecule has 0 amide bonds. The zero-order valence-electron chi connectivity index (χ0n) is 23.1. The second-order valence-electron chi connectivity index (χ2n) is 13.5. The van der Waals surface area contributed by atoms with E-state index in [2.05, 4.69) is 92.0 Å². The molecule has 3 aliphatic rings. The van der Waals surface area contributed by atoms with Crippen molar-refractivity contribution >= 4 is 16.6 Å². The molecular formula is C28H48O4Si2. The van der Waals surface area contributed by atoms with Gasteiger partial charge in [-0.15, -0.1) is 0 Å². The highest BCUT2D eigenvalue weighted by Gasteiger charge is 2.60. The molecule has 0 radical (unpaired) electrons. The molecule has 1 aromatic rings. The second kappa shape index (κ2) is 9.60. The van der Waals surface area contributed by atoms with Crippen LogP contribution < -0.4 is 0 Å². The van der Waals surface area contributed by atoms with E-state index < -0.39 is 22.2 Å². The van der Waals surface area contributed by atoms with Crippen molar-refractivity contribution in [2.24, 2.45) is 11.8 Å². The number of fused-ring (bicyclic) bond motifs is 2. The van der Waals surface area contributed by atoms with Gasteiger partial charge in [-0.25, -0.2) is 0 Å². The minimum Gasteiger partial charge on any atom is -0.411 e. The summed E-state index contributed by atoms with van der Waals surface area (Å²) in [6.45, 7) is 23.6. The van der Waals surface area contributed by atoms with Crippen LogP contribution in [0.4, 0.5) is 0 Å². The summed E-state index contributed by atoms with van der Waals surface area (Å²) in [5.74, 6) is 0.242. The predicted octanol–water partition coefficient (Wildman–Crippen LogP) is 6.92. The van der Waals surface area contributed by atoms with Gasteiger partial charge in [-0.2, -0.15) is 0 Å². The molecule has 192 valence electrons. The Labute approximate surface area is 210 Å². The number of hydrogen-bond acceptors (Lipinski definition) is 4. The van der Waals surface area contributed by atoms with Crippen molar-refractivity contribution < 1.29 is 18.7 Å². The zero-order valence-corrected chi connectivity index (χ0v) is 25.1. The maximum atomic E-state index is 10.4. The number of aliphatic hydroxyl groups excluding tert-OH is 1. The molecule has 0 aliphatic heterocycles. The van der Waals surface area contributed by atoms with E-state index in [1.54, 1.807) is 0 Å². The summed E-state index contributed by atoms with van der Waals surface area (Å²) >= 11 is 0. The van der Waals surface area contributed by atoms with Crippen LogP contribution in [-0.4, -0.2) is 46.2 Å². The summed E-state index contributed by atoms with van der Waals surface area (Å²) in [4.78, 5) is 0. The van der Waals surface area contributed by atoms with E-state index in [9.17, 15) is 5.11 Å². The van der Waals surface area contributed by atoms with Crippen LogP contribution in [0.1, 0.15) is 53.5 Å². The van der Waals surface area contributed by atoms with Crippen LogP contribution >= 0.6 is 0 Å². The van der Waals surface area contributed by atoms with Gasteiger partial charge in [-0.3, -0.25) is 0 Å². The zero-order chi connectivity index (χ0) is 25.6. The lowest BCUT2D eigenvalue weighted by Crippen LogP contribution is -2.68. The molecule has 1 N–H and O–H groups in total. The van der Waals surface area contributed by atoms with Gasteiger partial charge in [0.1, 0.15) is 11.7 Å². The third kappa shape index (κ3) is 5.47. The molecule has 6 heteroatoms. The highest BCUT2D eigenvalue weighted by molar-refractivity contribution is 6.74. The van der Waals surface area contributed by atoms with Crippen LogP contribution in [0.3, 0.4) is 0 Å². The largest absolute Gasteiger partial charge is 0.411 e. The number of aliphatic hydroxyl groups is 1. The predicted molar refractivity (Wildman–Crippen MR) is 146 cm³/mol. The molecule has 0 unspecified atom stereocenters. The average Bonchev–Trinajstić information content (AvgIpc) is 2.73. The van der Waals surface area contributed by atoms with Crippen molar-refractivity contribution in [3.63, 3.8) is 0 Å². The van der Waals surface area contributed by atoms with Gasteiger partial charge in [-0.05, 0) is 54.2 Å². The molecule has 0 saturated heterocycles. The van der Waals surface area contributed by atoms with Crippen LogP contribution in [0.25, 0.3) is 0 Å². The lowest BCUT2D eigenvalue weighted by Gasteiger charge is -2.59. The molecule has 1 fully saturated rings. The molecule has 3 aliphatic carbocycles. The Hall–Kier alpha value is -0.766. The third-order valence-electron chi connectivity index (χ3n) is 8.94. The van der Waals surface area contributed by atoms with Crippen LogP contribution in [0.2, 0.25) is 36.3 Å². The Morgan fingerprint density at radius 1 is 0.912 bits per heavy atom. The maximum absolute atomic E-state index is 10.4. The first-order chi connectivity index (χ1) is 15.5. The average molecular weight is 505 g/mol. The highest BCUT2D eigenvalue weighted by Crippen LogP contribution is 2.52. The molecule has 0 heterocycles. The Balaban J connectivity index is 2.04. The smallest absolute Gasteiger partial charge is 0.192 e. The monoisotopic (exact) mass is 504 g/mol. The molecule has 2 bridgehead atoms. The molecule has 1 saturated carbocycles. The van der Waals surface area contributed by atoms with E-state index in [1.165, 1.54) is 0 Å². The quantitative estimate of drug-likeness (QED) is 0.308. The number of hydrogen-bond donors (Lipinski definition) is 1. The van der Waals surface area contributed by atoms with Gasteiger partial charge in [0.05, 0.1) is 12.7 Å².